The molecule has 12 N–H and O–H groups in total. The molecule has 12 atom stereocenters. The number of rotatable bonds is 6. The molecule has 2 heterocycles. The fourth-order valence-electron chi connectivity index (χ4n) is 4.69. The van der Waals surface area contributed by atoms with Crippen LogP contribution < -0.4 is 28.3 Å². The van der Waals surface area contributed by atoms with Crippen molar-refractivity contribution in [2.45, 2.75) is 99.1 Å². The summed E-state index contributed by atoms with van der Waals surface area (Å²) in [6.07, 6.45) is -4.48. The predicted octanol–water partition coefficient (Wildman–Crippen LogP) is -3.98. The number of aliphatic hydroxyl groups excluding tert-OH is 2. The van der Waals surface area contributed by atoms with Gasteiger partial charge in [0, 0.05) is 18.6 Å². The van der Waals surface area contributed by atoms with Gasteiger partial charge in [0.15, 0.2) is 12.6 Å². The molecule has 0 aromatic carbocycles. The molecule has 0 aromatic rings. The first-order valence-electron chi connectivity index (χ1n) is 10.9. The Labute approximate surface area is 182 Å². The van der Waals surface area contributed by atoms with E-state index in [1.54, 1.807) is 14.0 Å². The maximum atomic E-state index is 11.0. The molecular weight excluding hydrogens is 410 g/mol. The molecule has 12 nitrogen and oxygen atoms in total. The van der Waals surface area contributed by atoms with E-state index in [1.807, 2.05) is 0 Å². The quantitative estimate of drug-likeness (QED) is 0.195. The van der Waals surface area contributed by atoms with Crippen molar-refractivity contribution >= 4 is 0 Å². The maximum absolute atomic E-state index is 11.0. The van der Waals surface area contributed by atoms with E-state index < -0.39 is 60.7 Å². The second kappa shape index (κ2) is 10.2. The Hall–Kier alpha value is -0.480. The molecule has 182 valence electrons. The Kier molecular flexibility index (Phi) is 8.27. The summed E-state index contributed by atoms with van der Waals surface area (Å²) in [7, 11) is 1.62. The van der Waals surface area contributed by atoms with Gasteiger partial charge in [-0.3, -0.25) is 0 Å². The van der Waals surface area contributed by atoms with Gasteiger partial charge in [0.2, 0.25) is 0 Å². The van der Waals surface area contributed by atoms with Crippen LogP contribution in [0.25, 0.3) is 0 Å². The summed E-state index contributed by atoms with van der Waals surface area (Å²) in [5.41, 5.74) is 23.0. The van der Waals surface area contributed by atoms with E-state index >= 15 is 0 Å². The van der Waals surface area contributed by atoms with Crippen LogP contribution in [0, 0.1) is 0 Å². The van der Waals surface area contributed by atoms with Crippen LogP contribution in [0.15, 0.2) is 0 Å². The molecule has 3 rings (SSSR count). The van der Waals surface area contributed by atoms with E-state index in [4.69, 9.17) is 41.9 Å². The summed E-state index contributed by atoms with van der Waals surface area (Å²) in [6, 6.07) is -2.26. The lowest BCUT2D eigenvalue weighted by atomic mass is 9.84. The molecule has 12 heteroatoms. The zero-order valence-electron chi connectivity index (χ0n) is 18.2. The van der Waals surface area contributed by atoms with Gasteiger partial charge in [-0.25, -0.2) is 0 Å². The third-order valence-corrected chi connectivity index (χ3v) is 6.55. The van der Waals surface area contributed by atoms with Gasteiger partial charge in [0.25, 0.3) is 0 Å². The Balaban J connectivity index is 1.68. The summed E-state index contributed by atoms with van der Waals surface area (Å²) >= 11 is 0. The lowest BCUT2D eigenvalue weighted by Crippen LogP contribution is -2.68. The van der Waals surface area contributed by atoms with Crippen molar-refractivity contribution in [3.05, 3.63) is 0 Å². The Morgan fingerprint density at radius 3 is 2.19 bits per heavy atom. The molecule has 1 saturated carbocycles. The minimum absolute atomic E-state index is 0.0665. The van der Waals surface area contributed by atoms with Crippen LogP contribution >= 0.6 is 0 Å². The molecule has 0 radical (unpaired) electrons. The first-order chi connectivity index (χ1) is 14.6. The highest BCUT2D eigenvalue weighted by Crippen LogP contribution is 2.31. The molecule has 1 aliphatic carbocycles. The number of nitrogens with two attached hydrogens (primary N) is 4. The molecule has 3 aliphatic rings. The molecule has 2 aliphatic heterocycles. The summed E-state index contributed by atoms with van der Waals surface area (Å²) in [5, 5.41) is 34.9. The topological polar surface area (TPSA) is 214 Å². The molecule has 3 fully saturated rings. The van der Waals surface area contributed by atoms with Crippen LogP contribution in [0.5, 0.6) is 0 Å². The predicted molar refractivity (Wildman–Crippen MR) is 110 cm³/mol. The van der Waals surface area contributed by atoms with Gasteiger partial charge in [-0.2, -0.15) is 0 Å². The third-order valence-electron chi connectivity index (χ3n) is 6.55. The highest BCUT2D eigenvalue weighted by atomic mass is 16.7. The highest BCUT2D eigenvalue weighted by molar-refractivity contribution is 5.01. The van der Waals surface area contributed by atoms with Crippen molar-refractivity contribution < 1.29 is 34.3 Å². The second-order valence-electron chi connectivity index (χ2n) is 9.15. The minimum atomic E-state index is -1.29. The fourth-order valence-corrected chi connectivity index (χ4v) is 4.69. The average Bonchev–Trinajstić information content (AvgIpc) is 2.71. The Morgan fingerprint density at radius 2 is 1.61 bits per heavy atom. The van der Waals surface area contributed by atoms with Crippen molar-refractivity contribution in [2.24, 2.45) is 22.9 Å². The van der Waals surface area contributed by atoms with Crippen molar-refractivity contribution in [1.82, 2.24) is 5.32 Å². The summed E-state index contributed by atoms with van der Waals surface area (Å²) in [6.45, 7) is 1.83. The van der Waals surface area contributed by atoms with Crippen LogP contribution in [0.2, 0.25) is 0 Å². The summed E-state index contributed by atoms with van der Waals surface area (Å²) in [4.78, 5) is 0. The molecular formula is C19H39N5O7. The summed E-state index contributed by atoms with van der Waals surface area (Å²) < 4.78 is 23.3. The third kappa shape index (κ3) is 5.37. The molecule has 0 amide bonds. The standard InChI is InChI=1S/C19H39N5O7/c1-19(27)7-28-18(13(26)16(19)24-2)31-15-11(23)5-10(22)14(12(15)25)30-17-9(21)4-3-8(6-20)29-17/h8-18,24-27H,3-7,20-23H2,1-2H3/t8?,9-,10-,11-,12-,13-,14-,15-,16-,17-,18-,19+/m1/s1. The van der Waals surface area contributed by atoms with Gasteiger partial charge in [0.05, 0.1) is 24.8 Å². The number of nitrogens with one attached hydrogen (secondary N) is 1. The van der Waals surface area contributed by atoms with Gasteiger partial charge in [-0.05, 0) is 33.2 Å². The smallest absolute Gasteiger partial charge is 0.185 e. The highest BCUT2D eigenvalue weighted by Gasteiger charge is 2.50. The van der Waals surface area contributed by atoms with Crippen LogP contribution in [0.4, 0.5) is 0 Å². The second-order valence-corrected chi connectivity index (χ2v) is 9.15. The largest absolute Gasteiger partial charge is 0.388 e. The number of aliphatic hydroxyl groups is 3. The normalized spacial score (nSPS) is 51.6. The van der Waals surface area contributed by atoms with Crippen LogP contribution in [-0.2, 0) is 18.9 Å². The van der Waals surface area contributed by atoms with Crippen molar-refractivity contribution in [1.29, 1.82) is 0 Å². The molecule has 1 unspecified atom stereocenters. The number of hydrogen-bond acceptors (Lipinski definition) is 12. The van der Waals surface area contributed by atoms with Crippen LogP contribution in [-0.4, -0.2) is 108 Å². The van der Waals surface area contributed by atoms with Gasteiger partial charge in [0.1, 0.15) is 30.0 Å². The molecule has 0 bridgehead atoms. The first-order valence-corrected chi connectivity index (χ1v) is 10.9. The van der Waals surface area contributed by atoms with Crippen molar-refractivity contribution in [3.63, 3.8) is 0 Å². The number of hydrogen-bond donors (Lipinski definition) is 8. The lowest BCUT2D eigenvalue weighted by Gasteiger charge is -2.48. The lowest BCUT2D eigenvalue weighted by molar-refractivity contribution is -0.306. The SMILES string of the molecule is CN[C@@H]1[C@@H](O)[C@@H](O[C@H]2[C@H](O)[C@H](O[C@H]3OC(CN)CC[C@H]3N)[C@H](N)C[C@H]2N)OC[C@]1(C)O. The zero-order chi connectivity index (χ0) is 22.9. The molecule has 0 aromatic heterocycles. The number of likely N-dealkylation sites (N-methyl/N-ethyl adjacent to an activating group) is 1. The van der Waals surface area contributed by atoms with E-state index in [1.165, 1.54) is 0 Å². The maximum Gasteiger partial charge on any atom is 0.185 e. The molecule has 2 saturated heterocycles. The van der Waals surface area contributed by atoms with Gasteiger partial charge >= 0.3 is 0 Å². The Bertz CT molecular complexity index is 588. The molecule has 31 heavy (non-hydrogen) atoms. The van der Waals surface area contributed by atoms with E-state index in [2.05, 4.69) is 5.32 Å². The number of ether oxygens (including phenoxy) is 4. The van der Waals surface area contributed by atoms with Gasteiger partial charge in [-0.15, -0.1) is 0 Å². The van der Waals surface area contributed by atoms with Crippen LogP contribution in [0.1, 0.15) is 26.2 Å². The van der Waals surface area contributed by atoms with Crippen molar-refractivity contribution in [3.8, 4) is 0 Å². The van der Waals surface area contributed by atoms with Gasteiger partial charge < -0.3 is 62.5 Å². The summed E-state index contributed by atoms with van der Waals surface area (Å²) in [5.74, 6) is 0. The van der Waals surface area contributed by atoms with E-state index in [-0.39, 0.29) is 18.8 Å². The van der Waals surface area contributed by atoms with Crippen molar-refractivity contribution in [2.75, 3.05) is 20.2 Å². The fraction of sp³-hybridized carbons (Fsp3) is 1.00. The van der Waals surface area contributed by atoms with Crippen LogP contribution in [0.3, 0.4) is 0 Å². The molecule has 0 spiro atoms. The monoisotopic (exact) mass is 449 g/mol. The van der Waals surface area contributed by atoms with E-state index in [0.29, 0.717) is 19.4 Å². The minimum Gasteiger partial charge on any atom is -0.388 e. The average molecular weight is 450 g/mol. The van der Waals surface area contributed by atoms with Gasteiger partial charge in [-0.1, -0.05) is 0 Å². The first kappa shape index (κ1) is 25.1. The Morgan fingerprint density at radius 1 is 1.00 bits per heavy atom. The van der Waals surface area contributed by atoms with E-state index in [9.17, 15) is 15.3 Å². The van der Waals surface area contributed by atoms with E-state index in [0.717, 1.165) is 6.42 Å². The zero-order valence-corrected chi connectivity index (χ0v) is 18.2.